The molecule has 2 fully saturated rings. The normalized spacial score (nSPS) is 27.6. The molecule has 5 heteroatoms. The molecule has 2 heterocycles. The van der Waals surface area contributed by atoms with Crippen LogP contribution in [0.15, 0.2) is 24.3 Å². The minimum absolute atomic E-state index is 0.197. The molecule has 0 saturated carbocycles. The Morgan fingerprint density at radius 3 is 2.60 bits per heavy atom. The first kappa shape index (κ1) is 13.2. The maximum atomic E-state index is 12.1. The molecule has 1 aromatic rings. The van der Waals surface area contributed by atoms with Crippen molar-refractivity contribution in [2.45, 2.75) is 25.4 Å². The predicted molar refractivity (Wildman–Crippen MR) is 75.9 cm³/mol. The standard InChI is InChI=1S/C15H20N2O3/c1-15(11-6-8-16-9-7-11)10-17(14(19)20-15)12-2-4-13(18)5-3-12/h2-5,11,16,18H,6-10H2,1H3. The van der Waals surface area contributed by atoms with Crippen LogP contribution in [-0.2, 0) is 4.74 Å². The van der Waals surface area contributed by atoms with Crippen molar-refractivity contribution < 1.29 is 14.6 Å². The summed E-state index contributed by atoms with van der Waals surface area (Å²) in [5.74, 6) is 0.595. The summed E-state index contributed by atoms with van der Waals surface area (Å²) < 4.78 is 5.68. The van der Waals surface area contributed by atoms with Gasteiger partial charge in [0.15, 0.2) is 0 Å². The van der Waals surface area contributed by atoms with Crippen LogP contribution in [0.2, 0.25) is 0 Å². The number of anilines is 1. The van der Waals surface area contributed by atoms with E-state index in [2.05, 4.69) is 5.32 Å². The average molecular weight is 276 g/mol. The zero-order valence-corrected chi connectivity index (χ0v) is 11.6. The Kier molecular flexibility index (Phi) is 3.30. The second-order valence-corrected chi connectivity index (χ2v) is 5.81. The molecule has 0 spiro atoms. The number of rotatable bonds is 2. The van der Waals surface area contributed by atoms with E-state index in [1.165, 1.54) is 0 Å². The number of amides is 1. The highest BCUT2D eigenvalue weighted by Gasteiger charge is 2.47. The molecule has 0 aromatic heterocycles. The fourth-order valence-corrected chi connectivity index (χ4v) is 3.14. The Morgan fingerprint density at radius 1 is 1.30 bits per heavy atom. The minimum Gasteiger partial charge on any atom is -0.508 e. The van der Waals surface area contributed by atoms with Crippen molar-refractivity contribution in [2.75, 3.05) is 24.5 Å². The summed E-state index contributed by atoms with van der Waals surface area (Å²) >= 11 is 0. The lowest BCUT2D eigenvalue weighted by Crippen LogP contribution is -2.44. The Labute approximate surface area is 118 Å². The van der Waals surface area contributed by atoms with E-state index >= 15 is 0 Å². The molecule has 3 rings (SSSR count). The van der Waals surface area contributed by atoms with Gasteiger partial charge in [0.25, 0.3) is 0 Å². The van der Waals surface area contributed by atoms with Gasteiger partial charge in [0.05, 0.1) is 6.54 Å². The number of cyclic esters (lactones) is 1. The van der Waals surface area contributed by atoms with E-state index in [4.69, 9.17) is 4.74 Å². The lowest BCUT2D eigenvalue weighted by Gasteiger charge is -2.34. The second kappa shape index (κ2) is 4.98. The molecule has 1 unspecified atom stereocenters. The highest BCUT2D eigenvalue weighted by atomic mass is 16.6. The van der Waals surface area contributed by atoms with Gasteiger partial charge in [-0.15, -0.1) is 0 Å². The smallest absolute Gasteiger partial charge is 0.415 e. The second-order valence-electron chi connectivity index (χ2n) is 5.81. The molecule has 1 aromatic carbocycles. The minimum atomic E-state index is -0.420. The summed E-state index contributed by atoms with van der Waals surface area (Å²) in [4.78, 5) is 13.8. The van der Waals surface area contributed by atoms with Gasteiger partial charge in [-0.3, -0.25) is 4.90 Å². The van der Waals surface area contributed by atoms with Crippen LogP contribution in [0.4, 0.5) is 10.5 Å². The molecule has 2 N–H and O–H groups in total. The molecule has 2 aliphatic heterocycles. The van der Waals surface area contributed by atoms with Gasteiger partial charge >= 0.3 is 6.09 Å². The van der Waals surface area contributed by atoms with Gasteiger partial charge < -0.3 is 15.2 Å². The SMILES string of the molecule is CC1(C2CCNCC2)CN(c2ccc(O)cc2)C(=O)O1. The number of piperidine rings is 1. The molecule has 0 aliphatic carbocycles. The first-order valence-corrected chi connectivity index (χ1v) is 7.09. The highest BCUT2D eigenvalue weighted by molar-refractivity contribution is 5.90. The fourth-order valence-electron chi connectivity index (χ4n) is 3.14. The van der Waals surface area contributed by atoms with E-state index in [1.807, 2.05) is 6.92 Å². The fraction of sp³-hybridized carbons (Fsp3) is 0.533. The quantitative estimate of drug-likeness (QED) is 0.868. The number of benzene rings is 1. The van der Waals surface area contributed by atoms with Gasteiger partial charge in [0.2, 0.25) is 0 Å². The molecule has 0 radical (unpaired) electrons. The van der Waals surface area contributed by atoms with Crippen molar-refractivity contribution >= 4 is 11.8 Å². The molecule has 5 nitrogen and oxygen atoms in total. The van der Waals surface area contributed by atoms with Crippen molar-refractivity contribution in [2.24, 2.45) is 5.92 Å². The van der Waals surface area contributed by atoms with Crippen LogP contribution in [0.1, 0.15) is 19.8 Å². The first-order valence-electron chi connectivity index (χ1n) is 7.09. The van der Waals surface area contributed by atoms with Crippen LogP contribution >= 0.6 is 0 Å². The topological polar surface area (TPSA) is 61.8 Å². The Bertz CT molecular complexity index is 496. The van der Waals surface area contributed by atoms with E-state index in [0.29, 0.717) is 12.5 Å². The van der Waals surface area contributed by atoms with Gasteiger partial charge in [-0.05, 0) is 57.1 Å². The number of carbonyl (C=O) groups is 1. The first-order chi connectivity index (χ1) is 9.58. The number of ether oxygens (including phenoxy) is 1. The van der Waals surface area contributed by atoms with Gasteiger partial charge in [0, 0.05) is 11.6 Å². The van der Waals surface area contributed by atoms with Crippen LogP contribution in [0.25, 0.3) is 0 Å². The van der Waals surface area contributed by atoms with Crippen molar-refractivity contribution in [1.82, 2.24) is 5.32 Å². The number of hydrogen-bond donors (Lipinski definition) is 2. The number of nitrogens with zero attached hydrogens (tertiary/aromatic N) is 1. The van der Waals surface area contributed by atoms with Crippen LogP contribution in [-0.4, -0.2) is 36.4 Å². The summed E-state index contributed by atoms with van der Waals surface area (Å²) in [6, 6.07) is 6.65. The molecule has 1 atom stereocenters. The van der Waals surface area contributed by atoms with E-state index in [-0.39, 0.29) is 11.8 Å². The third-order valence-electron chi connectivity index (χ3n) is 4.38. The number of hydrogen-bond acceptors (Lipinski definition) is 4. The number of aromatic hydroxyl groups is 1. The zero-order chi connectivity index (χ0) is 14.2. The molecule has 108 valence electrons. The Hall–Kier alpha value is -1.75. The number of phenols is 1. The third-order valence-corrected chi connectivity index (χ3v) is 4.38. The number of nitrogens with one attached hydrogen (secondary N) is 1. The third kappa shape index (κ3) is 2.33. The van der Waals surface area contributed by atoms with E-state index in [1.54, 1.807) is 29.2 Å². The summed E-state index contributed by atoms with van der Waals surface area (Å²) in [7, 11) is 0. The van der Waals surface area contributed by atoms with Gasteiger partial charge in [-0.1, -0.05) is 0 Å². The van der Waals surface area contributed by atoms with Crippen molar-refractivity contribution in [3.63, 3.8) is 0 Å². The molecule has 2 aliphatic rings. The maximum absolute atomic E-state index is 12.1. The molecule has 1 amide bonds. The van der Waals surface area contributed by atoms with Crippen LogP contribution in [0.3, 0.4) is 0 Å². The molecule has 2 saturated heterocycles. The summed E-state index contributed by atoms with van der Waals surface area (Å²) in [6.45, 7) is 4.57. The summed E-state index contributed by atoms with van der Waals surface area (Å²) in [5, 5.41) is 12.7. The van der Waals surface area contributed by atoms with Crippen molar-refractivity contribution in [3.8, 4) is 5.75 Å². The molecule has 0 bridgehead atoms. The molecular weight excluding hydrogens is 256 g/mol. The number of phenolic OH excluding ortho intramolecular Hbond substituents is 1. The van der Waals surface area contributed by atoms with Crippen molar-refractivity contribution in [1.29, 1.82) is 0 Å². The van der Waals surface area contributed by atoms with Gasteiger partial charge in [-0.2, -0.15) is 0 Å². The summed E-state index contributed by atoms with van der Waals surface area (Å²) in [6.07, 6.45) is 1.78. The molecule has 20 heavy (non-hydrogen) atoms. The lowest BCUT2D eigenvalue weighted by molar-refractivity contribution is 0.00962. The Morgan fingerprint density at radius 2 is 1.95 bits per heavy atom. The van der Waals surface area contributed by atoms with Crippen LogP contribution < -0.4 is 10.2 Å². The predicted octanol–water partition coefficient (Wildman–Crippen LogP) is 2.11. The molecular formula is C15H20N2O3. The lowest BCUT2D eigenvalue weighted by atomic mass is 9.82. The van der Waals surface area contributed by atoms with E-state index in [0.717, 1.165) is 31.6 Å². The average Bonchev–Trinajstić information content (AvgIpc) is 2.77. The number of carbonyl (C=O) groups excluding carboxylic acids is 1. The largest absolute Gasteiger partial charge is 0.508 e. The maximum Gasteiger partial charge on any atom is 0.415 e. The highest BCUT2D eigenvalue weighted by Crippen LogP contribution is 2.37. The summed E-state index contributed by atoms with van der Waals surface area (Å²) in [5.41, 5.74) is 0.349. The monoisotopic (exact) mass is 276 g/mol. The van der Waals surface area contributed by atoms with Crippen LogP contribution in [0.5, 0.6) is 5.75 Å². The van der Waals surface area contributed by atoms with Gasteiger partial charge in [0.1, 0.15) is 11.4 Å². The van der Waals surface area contributed by atoms with Gasteiger partial charge in [-0.25, -0.2) is 4.79 Å². The van der Waals surface area contributed by atoms with E-state index < -0.39 is 5.60 Å². The van der Waals surface area contributed by atoms with Crippen LogP contribution in [0, 0.1) is 5.92 Å². The Balaban J connectivity index is 1.78. The van der Waals surface area contributed by atoms with Crippen molar-refractivity contribution in [3.05, 3.63) is 24.3 Å². The zero-order valence-electron chi connectivity index (χ0n) is 11.6. The van der Waals surface area contributed by atoms with E-state index in [9.17, 15) is 9.90 Å².